The van der Waals surface area contributed by atoms with E-state index in [9.17, 15) is 14.7 Å². The Labute approximate surface area is 257 Å². The number of ketones is 1. The summed E-state index contributed by atoms with van der Waals surface area (Å²) in [6.07, 6.45) is 0.731. The van der Waals surface area contributed by atoms with Crippen molar-refractivity contribution in [2.45, 2.75) is 55.3 Å². The van der Waals surface area contributed by atoms with Crippen LogP contribution in [0, 0.1) is 0 Å². The third-order valence-electron chi connectivity index (χ3n) is 7.44. The van der Waals surface area contributed by atoms with Gasteiger partial charge in [0.1, 0.15) is 17.6 Å². The molecule has 2 aliphatic heterocycles. The number of Topliss-reactive ketones (excluding diaryl/α,β-unsaturated/α-hetero) is 1. The Kier molecular flexibility index (Phi) is 7.83. The monoisotopic (exact) mass is 617 g/mol. The molecule has 0 spiro atoms. The zero-order valence-corrected chi connectivity index (χ0v) is 25.6. The van der Waals surface area contributed by atoms with E-state index in [-0.39, 0.29) is 22.6 Å². The highest BCUT2D eigenvalue weighted by Gasteiger charge is 2.48. The normalized spacial score (nSPS) is 19.4. The molecule has 1 N–H and O–H groups in total. The molecular formula is C32H28ClN3O4S2. The van der Waals surface area contributed by atoms with E-state index in [0.29, 0.717) is 38.6 Å². The minimum atomic E-state index is -0.871. The molecule has 4 aromatic rings. The van der Waals surface area contributed by atoms with Crippen LogP contribution < -0.4 is 9.64 Å². The van der Waals surface area contributed by atoms with E-state index < -0.39 is 17.7 Å². The molecule has 0 saturated carbocycles. The maximum atomic E-state index is 13.6. The van der Waals surface area contributed by atoms with Gasteiger partial charge in [-0.15, -0.1) is 10.2 Å². The smallest absolute Gasteiger partial charge is 0.301 e. The fraction of sp³-hybridized carbons (Fsp3) is 0.250. The first kappa shape index (κ1) is 28.5. The molecule has 7 nitrogen and oxygen atoms in total. The minimum Gasteiger partial charge on any atom is -0.507 e. The fourth-order valence-corrected chi connectivity index (χ4v) is 7.40. The number of ether oxygens (including phenoxy) is 1. The van der Waals surface area contributed by atoms with Crippen molar-refractivity contribution in [2.75, 3.05) is 4.90 Å². The lowest BCUT2D eigenvalue weighted by molar-refractivity contribution is -0.132. The maximum Gasteiger partial charge on any atom is 0.301 e. The van der Waals surface area contributed by atoms with Crippen LogP contribution in [0.4, 0.5) is 5.13 Å². The maximum absolute atomic E-state index is 13.6. The zero-order chi connectivity index (χ0) is 29.5. The second-order valence-electron chi connectivity index (χ2n) is 10.7. The van der Waals surface area contributed by atoms with Crippen LogP contribution in [-0.2, 0) is 21.8 Å². The number of aliphatic hydroxyl groups excluding tert-OH is 1. The molecule has 2 aliphatic rings. The predicted molar refractivity (Wildman–Crippen MR) is 166 cm³/mol. The number of thioether (sulfide) groups is 1. The number of rotatable bonds is 7. The van der Waals surface area contributed by atoms with Crippen molar-refractivity contribution in [3.8, 4) is 5.75 Å². The van der Waals surface area contributed by atoms with Crippen LogP contribution in [0.25, 0.3) is 5.76 Å². The molecule has 1 amide bonds. The number of aromatic nitrogens is 2. The van der Waals surface area contributed by atoms with Crippen LogP contribution in [0.3, 0.4) is 0 Å². The van der Waals surface area contributed by atoms with Gasteiger partial charge in [-0.05, 0) is 59.4 Å². The minimum absolute atomic E-state index is 0.0182. The standard InChI is InChI=1S/C32H28ClN3O4S2/c1-17(2)19-8-10-20(11-9-19)27-26(28(37)21-12-13-25-23(15-21)14-18(3)40-25)29(38)30(39)36(27)31-34-35-32(42-31)41-16-22-6-4-5-7-24(22)33/h4-13,15,17-18,27,37H,14,16H2,1-3H3/b28-26+/t18-,27-/m1/s1. The second kappa shape index (κ2) is 11.6. The Morgan fingerprint density at radius 1 is 1.12 bits per heavy atom. The number of hydrogen-bond acceptors (Lipinski definition) is 8. The summed E-state index contributed by atoms with van der Waals surface area (Å²) in [6, 6.07) is 19.8. The Morgan fingerprint density at radius 3 is 2.62 bits per heavy atom. The zero-order valence-electron chi connectivity index (χ0n) is 23.2. The summed E-state index contributed by atoms with van der Waals surface area (Å²) in [4.78, 5) is 28.6. The number of amides is 1. The van der Waals surface area contributed by atoms with Gasteiger partial charge in [0.05, 0.1) is 11.6 Å². The molecule has 0 radical (unpaired) electrons. The fourth-order valence-electron chi connectivity index (χ4n) is 5.25. The van der Waals surface area contributed by atoms with E-state index in [1.165, 1.54) is 28.0 Å². The van der Waals surface area contributed by atoms with Crippen LogP contribution in [0.1, 0.15) is 60.5 Å². The molecule has 6 rings (SSSR count). The number of benzene rings is 3. The summed E-state index contributed by atoms with van der Waals surface area (Å²) in [5.74, 6) is -0.108. The number of halogens is 1. The average molecular weight is 618 g/mol. The molecule has 0 aliphatic carbocycles. The van der Waals surface area contributed by atoms with Crippen LogP contribution >= 0.6 is 34.7 Å². The van der Waals surface area contributed by atoms with Crippen LogP contribution in [-0.4, -0.2) is 33.1 Å². The van der Waals surface area contributed by atoms with Crippen molar-refractivity contribution >= 4 is 57.3 Å². The summed E-state index contributed by atoms with van der Waals surface area (Å²) in [5.41, 5.74) is 4.20. The third-order valence-corrected chi connectivity index (χ3v) is 9.92. The number of carbonyl (C=O) groups is 2. The predicted octanol–water partition coefficient (Wildman–Crippen LogP) is 7.56. The van der Waals surface area contributed by atoms with Gasteiger partial charge in [-0.1, -0.05) is 91.0 Å². The SMILES string of the molecule is CC(C)c1ccc([C@@H]2/C(=C(\O)c3ccc4c(c3)C[C@@H](C)O4)C(=O)C(=O)N2c2nnc(SCc3ccccc3Cl)s2)cc1. The van der Waals surface area contributed by atoms with Crippen molar-refractivity contribution in [3.63, 3.8) is 0 Å². The number of carbonyl (C=O) groups excluding carboxylic acids is 2. The highest BCUT2D eigenvalue weighted by atomic mass is 35.5. The van der Waals surface area contributed by atoms with Gasteiger partial charge in [-0.25, -0.2) is 0 Å². The van der Waals surface area contributed by atoms with Gasteiger partial charge >= 0.3 is 5.91 Å². The lowest BCUT2D eigenvalue weighted by atomic mass is 9.93. The molecule has 2 atom stereocenters. The van der Waals surface area contributed by atoms with Crippen molar-refractivity contribution < 1.29 is 19.4 Å². The molecule has 0 bridgehead atoms. The molecule has 10 heteroatoms. The highest BCUT2D eigenvalue weighted by molar-refractivity contribution is 8.00. The first-order valence-electron chi connectivity index (χ1n) is 13.6. The van der Waals surface area contributed by atoms with Crippen molar-refractivity contribution in [3.05, 3.63) is 105 Å². The summed E-state index contributed by atoms with van der Waals surface area (Å²) in [6.45, 7) is 6.18. The topological polar surface area (TPSA) is 92.6 Å². The second-order valence-corrected chi connectivity index (χ2v) is 13.3. The molecule has 42 heavy (non-hydrogen) atoms. The van der Waals surface area contributed by atoms with Gasteiger partial charge in [0, 0.05) is 22.8 Å². The van der Waals surface area contributed by atoms with Gasteiger partial charge in [0.15, 0.2) is 4.34 Å². The lowest BCUT2D eigenvalue weighted by Crippen LogP contribution is -2.29. The third kappa shape index (κ3) is 5.32. The first-order chi connectivity index (χ1) is 20.2. The van der Waals surface area contributed by atoms with Gasteiger partial charge in [0.25, 0.3) is 5.78 Å². The number of aliphatic hydroxyl groups is 1. The summed E-state index contributed by atoms with van der Waals surface area (Å²) in [5, 5.41) is 21.1. The Morgan fingerprint density at radius 2 is 1.88 bits per heavy atom. The van der Waals surface area contributed by atoms with Crippen molar-refractivity contribution in [2.24, 2.45) is 0 Å². The van der Waals surface area contributed by atoms with Gasteiger partial charge in [0.2, 0.25) is 5.13 Å². The Balaban J connectivity index is 1.40. The molecule has 214 valence electrons. The molecule has 1 fully saturated rings. The van der Waals surface area contributed by atoms with E-state index >= 15 is 0 Å². The van der Waals surface area contributed by atoms with Gasteiger partial charge in [-0.3, -0.25) is 14.5 Å². The molecule has 3 aromatic carbocycles. The van der Waals surface area contributed by atoms with Gasteiger partial charge in [-0.2, -0.15) is 0 Å². The van der Waals surface area contributed by atoms with Crippen LogP contribution in [0.5, 0.6) is 5.75 Å². The molecule has 1 aromatic heterocycles. The van der Waals surface area contributed by atoms with Crippen molar-refractivity contribution in [1.29, 1.82) is 0 Å². The van der Waals surface area contributed by atoms with E-state index in [2.05, 4.69) is 24.0 Å². The largest absolute Gasteiger partial charge is 0.507 e. The molecule has 3 heterocycles. The summed E-state index contributed by atoms with van der Waals surface area (Å²) in [7, 11) is 0. The Hall–Kier alpha value is -3.66. The van der Waals surface area contributed by atoms with Crippen molar-refractivity contribution in [1.82, 2.24) is 10.2 Å². The summed E-state index contributed by atoms with van der Waals surface area (Å²) < 4.78 is 6.44. The molecule has 1 saturated heterocycles. The van der Waals surface area contributed by atoms with Crippen LogP contribution in [0.2, 0.25) is 5.02 Å². The summed E-state index contributed by atoms with van der Waals surface area (Å²) >= 11 is 8.99. The number of hydrogen-bond donors (Lipinski definition) is 1. The lowest BCUT2D eigenvalue weighted by Gasteiger charge is -2.23. The quantitative estimate of drug-likeness (QED) is 0.0752. The Bertz CT molecular complexity index is 1720. The first-order valence-corrected chi connectivity index (χ1v) is 15.8. The van der Waals surface area contributed by atoms with E-state index in [4.69, 9.17) is 16.3 Å². The number of fused-ring (bicyclic) bond motifs is 1. The van der Waals surface area contributed by atoms with E-state index in [1.807, 2.05) is 61.5 Å². The van der Waals surface area contributed by atoms with Gasteiger partial charge < -0.3 is 9.84 Å². The highest BCUT2D eigenvalue weighted by Crippen LogP contribution is 2.45. The van der Waals surface area contributed by atoms with E-state index in [0.717, 1.165) is 22.4 Å². The average Bonchev–Trinajstić information content (AvgIpc) is 3.67. The van der Waals surface area contributed by atoms with E-state index in [1.54, 1.807) is 12.1 Å². The van der Waals surface area contributed by atoms with Crippen LogP contribution in [0.15, 0.2) is 76.6 Å². The number of anilines is 1. The molecule has 0 unspecified atom stereocenters. The molecular weight excluding hydrogens is 590 g/mol. The number of nitrogens with zero attached hydrogens (tertiary/aromatic N) is 3.